The average molecular weight is 471 g/mol. The molecule has 30 heavy (non-hydrogen) atoms. The summed E-state index contributed by atoms with van der Waals surface area (Å²) >= 11 is 0. The first-order chi connectivity index (χ1) is 14.3. The van der Waals surface area contributed by atoms with Crippen LogP contribution < -0.4 is 32.9 Å². The topological polar surface area (TPSA) is 0 Å². The van der Waals surface area contributed by atoms with E-state index in [9.17, 15) is 0 Å². The summed E-state index contributed by atoms with van der Waals surface area (Å²) < 4.78 is 0. The summed E-state index contributed by atoms with van der Waals surface area (Å²) in [4.78, 5) is 0. The Morgan fingerprint density at radius 1 is 0.567 bits per heavy atom. The fraction of sp³-hybridized carbons (Fsp3) is 0.0714. The molecule has 0 fully saturated rings. The first-order valence-corrected chi connectivity index (χ1v) is 11.9. The van der Waals surface area contributed by atoms with Gasteiger partial charge in [-0.1, -0.05) is 84.1 Å². The van der Waals surface area contributed by atoms with Crippen molar-refractivity contribution >= 4 is 23.2 Å². The van der Waals surface area contributed by atoms with Crippen molar-refractivity contribution in [3.8, 4) is 11.8 Å². The molecule has 0 bridgehead atoms. The molecule has 4 rings (SSSR count). The van der Waals surface area contributed by atoms with Gasteiger partial charge in [0.25, 0.3) is 0 Å². The smallest absolute Gasteiger partial charge is 0.134 e. The molecule has 0 spiro atoms. The van der Waals surface area contributed by atoms with Crippen molar-refractivity contribution < 1.29 is 17.0 Å². The molecule has 0 aromatic heterocycles. The lowest BCUT2D eigenvalue weighted by atomic mass is 10.2. The second-order valence-corrected chi connectivity index (χ2v) is 10.6. The van der Waals surface area contributed by atoms with Gasteiger partial charge in [0.15, 0.2) is 0 Å². The minimum Gasteiger partial charge on any atom is -1.00 e. The molecule has 0 nitrogen and oxygen atoms in total. The molecule has 148 valence electrons. The van der Waals surface area contributed by atoms with E-state index in [0.717, 1.165) is 11.7 Å². The molecule has 0 aliphatic carbocycles. The van der Waals surface area contributed by atoms with E-state index in [1.165, 1.54) is 21.5 Å². The number of hydrogen-bond acceptors (Lipinski definition) is 0. The predicted molar refractivity (Wildman–Crippen MR) is 128 cm³/mol. The van der Waals surface area contributed by atoms with Crippen LogP contribution in [0.5, 0.6) is 0 Å². The summed E-state index contributed by atoms with van der Waals surface area (Å²) in [5.41, 5.74) is 2.33. The Bertz CT molecular complexity index is 1010. The maximum Gasteiger partial charge on any atom is 0.134 e. The third-order valence-electron chi connectivity index (χ3n) is 5.19. The van der Waals surface area contributed by atoms with E-state index >= 15 is 0 Å². The van der Waals surface area contributed by atoms with E-state index in [1.807, 2.05) is 0 Å². The number of aryl methyl sites for hydroxylation is 1. The van der Waals surface area contributed by atoms with Crippen LogP contribution in [0.1, 0.15) is 11.1 Å². The van der Waals surface area contributed by atoms with Crippen molar-refractivity contribution in [3.05, 3.63) is 126 Å². The van der Waals surface area contributed by atoms with Gasteiger partial charge < -0.3 is 17.0 Å². The highest BCUT2D eigenvalue weighted by Gasteiger charge is 2.44. The molecule has 0 amide bonds. The lowest BCUT2D eigenvalue weighted by molar-refractivity contribution is -0.00000564. The number of halogens is 1. The summed E-state index contributed by atoms with van der Waals surface area (Å²) in [5.74, 6) is 6.97. The van der Waals surface area contributed by atoms with Gasteiger partial charge >= 0.3 is 0 Å². The third-order valence-corrected chi connectivity index (χ3v) is 9.36. The second kappa shape index (κ2) is 10.4. The summed E-state index contributed by atoms with van der Waals surface area (Å²) in [7, 11) is -1.87. The Morgan fingerprint density at radius 3 is 1.37 bits per heavy atom. The van der Waals surface area contributed by atoms with Gasteiger partial charge in [0.2, 0.25) is 0 Å². The monoisotopic (exact) mass is 470 g/mol. The fourth-order valence-electron chi connectivity index (χ4n) is 3.67. The largest absolute Gasteiger partial charge is 1.00 e. The highest BCUT2D eigenvalue weighted by molar-refractivity contribution is 7.95. The van der Waals surface area contributed by atoms with E-state index in [0.29, 0.717) is 0 Å². The molecule has 4 aromatic carbocycles. The fourth-order valence-corrected chi connectivity index (χ4v) is 7.47. The normalized spacial score (nSPS) is 10.4. The molecular formula is C28H24BrP. The van der Waals surface area contributed by atoms with E-state index in [4.69, 9.17) is 0 Å². The van der Waals surface area contributed by atoms with Crippen LogP contribution in [-0.2, 0) is 0 Å². The minimum atomic E-state index is -1.87. The summed E-state index contributed by atoms with van der Waals surface area (Å²) in [6.45, 7) is 2.11. The molecular weight excluding hydrogens is 447 g/mol. The SMILES string of the molecule is Cc1ccc(C#CC[P+](c2ccccc2)(c2ccccc2)c2ccccc2)cc1.[Br-]. The van der Waals surface area contributed by atoms with Gasteiger partial charge in [-0.3, -0.25) is 0 Å². The number of benzene rings is 4. The average Bonchev–Trinajstić information content (AvgIpc) is 2.80. The molecule has 0 saturated carbocycles. The zero-order valence-corrected chi connectivity index (χ0v) is 19.5. The van der Waals surface area contributed by atoms with Gasteiger partial charge in [0, 0.05) is 5.56 Å². The van der Waals surface area contributed by atoms with Gasteiger partial charge in [-0.25, -0.2) is 0 Å². The van der Waals surface area contributed by atoms with Crippen LogP contribution in [0.3, 0.4) is 0 Å². The van der Waals surface area contributed by atoms with Gasteiger partial charge in [-0.05, 0) is 55.5 Å². The highest BCUT2D eigenvalue weighted by Crippen LogP contribution is 2.54. The van der Waals surface area contributed by atoms with Crippen LogP contribution in [0.4, 0.5) is 0 Å². The molecule has 0 atom stereocenters. The summed E-state index contributed by atoms with van der Waals surface area (Å²) in [6, 6.07) is 41.2. The Kier molecular flexibility index (Phi) is 7.64. The van der Waals surface area contributed by atoms with Crippen LogP contribution in [0.15, 0.2) is 115 Å². The van der Waals surface area contributed by atoms with E-state index in [2.05, 4.69) is 134 Å². The van der Waals surface area contributed by atoms with Crippen molar-refractivity contribution in [1.29, 1.82) is 0 Å². The Balaban J connectivity index is 0.00000256. The number of hydrogen-bond donors (Lipinski definition) is 0. The molecule has 0 aliphatic heterocycles. The molecule has 0 aliphatic rings. The van der Waals surface area contributed by atoms with Crippen LogP contribution in [-0.4, -0.2) is 6.16 Å². The van der Waals surface area contributed by atoms with Crippen molar-refractivity contribution in [1.82, 2.24) is 0 Å². The van der Waals surface area contributed by atoms with Crippen molar-refractivity contribution in [2.75, 3.05) is 6.16 Å². The summed E-state index contributed by atoms with van der Waals surface area (Å²) in [6.07, 6.45) is 0.818. The van der Waals surface area contributed by atoms with Crippen molar-refractivity contribution in [2.45, 2.75) is 6.92 Å². The van der Waals surface area contributed by atoms with E-state index in [1.54, 1.807) is 0 Å². The standard InChI is InChI=1S/C28H24P.BrH/c1-24-19-21-25(22-20-24)12-11-23-29(26-13-5-2-6-14-26,27-15-7-3-8-16-27)28-17-9-4-10-18-28;/h2-10,13-22H,23H2,1H3;1H/q+1;/p-1. The highest BCUT2D eigenvalue weighted by atomic mass is 79.9. The molecule has 0 radical (unpaired) electrons. The van der Waals surface area contributed by atoms with Crippen molar-refractivity contribution in [2.24, 2.45) is 0 Å². The summed E-state index contributed by atoms with van der Waals surface area (Å²) in [5, 5.41) is 4.11. The molecule has 0 unspecified atom stereocenters. The Hall–Kier alpha value is -2.65. The zero-order chi connectivity index (χ0) is 19.9. The van der Waals surface area contributed by atoms with Crippen LogP contribution >= 0.6 is 7.26 Å². The lowest BCUT2D eigenvalue weighted by Gasteiger charge is -2.25. The molecule has 4 aromatic rings. The quantitative estimate of drug-likeness (QED) is 0.317. The maximum absolute atomic E-state index is 3.56. The second-order valence-electron chi connectivity index (χ2n) is 7.14. The van der Waals surface area contributed by atoms with E-state index in [-0.39, 0.29) is 17.0 Å². The first kappa shape index (κ1) is 22.0. The molecule has 2 heteroatoms. The van der Waals surface area contributed by atoms with Crippen LogP contribution in [0, 0.1) is 18.8 Å². The van der Waals surface area contributed by atoms with Gasteiger partial charge in [0.05, 0.1) is 0 Å². The number of rotatable bonds is 4. The molecule has 0 saturated heterocycles. The maximum atomic E-state index is 3.56. The predicted octanol–water partition coefficient (Wildman–Crippen LogP) is 2.34. The zero-order valence-electron chi connectivity index (χ0n) is 17.0. The third kappa shape index (κ3) is 4.73. The van der Waals surface area contributed by atoms with Gasteiger partial charge in [-0.15, -0.1) is 0 Å². The van der Waals surface area contributed by atoms with Crippen LogP contribution in [0.25, 0.3) is 0 Å². The Morgan fingerprint density at radius 2 is 0.967 bits per heavy atom. The van der Waals surface area contributed by atoms with Crippen LogP contribution in [0.2, 0.25) is 0 Å². The van der Waals surface area contributed by atoms with E-state index < -0.39 is 7.26 Å². The first-order valence-electron chi connectivity index (χ1n) is 9.89. The van der Waals surface area contributed by atoms with Gasteiger partial charge in [-0.2, -0.15) is 0 Å². The lowest BCUT2D eigenvalue weighted by Crippen LogP contribution is -3.00. The van der Waals surface area contributed by atoms with Gasteiger partial charge in [0.1, 0.15) is 29.3 Å². The molecule has 0 heterocycles. The minimum absolute atomic E-state index is 0. The molecule has 0 N–H and O–H groups in total. The van der Waals surface area contributed by atoms with Crippen molar-refractivity contribution in [3.63, 3.8) is 0 Å². The Labute approximate surface area is 191 Å².